The van der Waals surface area contributed by atoms with Crippen LogP contribution in [0.3, 0.4) is 0 Å². The van der Waals surface area contributed by atoms with E-state index in [2.05, 4.69) is 4.98 Å². The standard InChI is InChI=1S/C14H15NO5/c1-8-12(19-4)15-13(20-14(8)16)9-5-6-10(17-2)11(7-9)18-3/h5-7H,1-4H3. The van der Waals surface area contributed by atoms with Crippen molar-refractivity contribution < 1.29 is 18.6 Å². The summed E-state index contributed by atoms with van der Waals surface area (Å²) in [7, 11) is 4.53. The molecular weight excluding hydrogens is 262 g/mol. The van der Waals surface area contributed by atoms with Crippen LogP contribution in [0.25, 0.3) is 11.5 Å². The Bertz CT molecular complexity index is 678. The molecule has 2 rings (SSSR count). The highest BCUT2D eigenvalue weighted by Gasteiger charge is 2.14. The maximum atomic E-state index is 11.7. The lowest BCUT2D eigenvalue weighted by atomic mass is 10.2. The SMILES string of the molecule is COc1ccc(-c2nc(OC)c(C)c(=O)o2)cc1OC. The molecule has 0 aliphatic rings. The van der Waals surface area contributed by atoms with E-state index in [0.717, 1.165) is 0 Å². The van der Waals surface area contributed by atoms with Gasteiger partial charge in [-0.25, -0.2) is 4.79 Å². The summed E-state index contributed by atoms with van der Waals surface area (Å²) in [5.74, 6) is 1.51. The van der Waals surface area contributed by atoms with Crippen molar-refractivity contribution in [3.63, 3.8) is 0 Å². The molecule has 106 valence electrons. The Hall–Kier alpha value is -2.50. The Labute approximate surface area is 115 Å². The molecule has 1 aromatic heterocycles. The minimum absolute atomic E-state index is 0.165. The van der Waals surface area contributed by atoms with Gasteiger partial charge in [-0.2, -0.15) is 4.98 Å². The van der Waals surface area contributed by atoms with Crippen LogP contribution < -0.4 is 19.8 Å². The average molecular weight is 277 g/mol. The quantitative estimate of drug-likeness (QED) is 0.851. The zero-order valence-electron chi connectivity index (χ0n) is 11.7. The maximum absolute atomic E-state index is 11.7. The molecule has 0 aliphatic heterocycles. The first-order valence-electron chi connectivity index (χ1n) is 5.88. The molecule has 0 spiro atoms. The van der Waals surface area contributed by atoms with Gasteiger partial charge >= 0.3 is 5.63 Å². The van der Waals surface area contributed by atoms with Gasteiger partial charge in [0.25, 0.3) is 0 Å². The number of nitrogens with zero attached hydrogens (tertiary/aromatic N) is 1. The van der Waals surface area contributed by atoms with Crippen molar-refractivity contribution in [2.75, 3.05) is 21.3 Å². The lowest BCUT2D eigenvalue weighted by molar-refractivity contribution is 0.354. The predicted molar refractivity (Wildman–Crippen MR) is 72.6 cm³/mol. The Morgan fingerprint density at radius 1 is 1.05 bits per heavy atom. The van der Waals surface area contributed by atoms with Crippen molar-refractivity contribution in [2.24, 2.45) is 0 Å². The summed E-state index contributed by atoms with van der Waals surface area (Å²) < 4.78 is 20.6. The molecule has 20 heavy (non-hydrogen) atoms. The molecule has 6 nitrogen and oxygen atoms in total. The van der Waals surface area contributed by atoms with Crippen molar-refractivity contribution in [1.29, 1.82) is 0 Å². The summed E-state index contributed by atoms with van der Waals surface area (Å²) in [4.78, 5) is 15.9. The monoisotopic (exact) mass is 277 g/mol. The van der Waals surface area contributed by atoms with E-state index in [0.29, 0.717) is 22.6 Å². The second-order valence-corrected chi connectivity index (χ2v) is 4.01. The van der Waals surface area contributed by atoms with Gasteiger partial charge in [0.1, 0.15) is 0 Å². The molecule has 6 heteroatoms. The Balaban J connectivity index is 2.57. The van der Waals surface area contributed by atoms with Crippen molar-refractivity contribution in [3.8, 4) is 28.8 Å². The summed E-state index contributed by atoms with van der Waals surface area (Å²) in [5.41, 5.74) is 0.441. The Morgan fingerprint density at radius 3 is 2.35 bits per heavy atom. The van der Waals surface area contributed by atoms with Crippen LogP contribution >= 0.6 is 0 Å². The number of hydrogen-bond acceptors (Lipinski definition) is 6. The molecule has 0 bridgehead atoms. The maximum Gasteiger partial charge on any atom is 0.345 e. The van der Waals surface area contributed by atoms with Gasteiger partial charge in [-0.3, -0.25) is 0 Å². The van der Waals surface area contributed by atoms with Crippen molar-refractivity contribution in [3.05, 3.63) is 34.2 Å². The van der Waals surface area contributed by atoms with Gasteiger partial charge in [0.05, 0.1) is 26.9 Å². The summed E-state index contributed by atoms with van der Waals surface area (Å²) in [6, 6.07) is 5.11. The summed E-state index contributed by atoms with van der Waals surface area (Å²) in [6.45, 7) is 1.59. The normalized spacial score (nSPS) is 10.2. The van der Waals surface area contributed by atoms with Crippen LogP contribution in [0.5, 0.6) is 17.4 Å². The number of benzene rings is 1. The number of aromatic nitrogens is 1. The zero-order valence-corrected chi connectivity index (χ0v) is 11.7. The van der Waals surface area contributed by atoms with Gasteiger partial charge in [-0.15, -0.1) is 0 Å². The molecule has 0 atom stereocenters. The molecule has 0 unspecified atom stereocenters. The summed E-state index contributed by atoms with van der Waals surface area (Å²) in [5, 5.41) is 0. The largest absolute Gasteiger partial charge is 0.493 e. The highest BCUT2D eigenvalue weighted by atomic mass is 16.5. The van der Waals surface area contributed by atoms with Crippen LogP contribution in [0, 0.1) is 6.92 Å². The van der Waals surface area contributed by atoms with Gasteiger partial charge in [0.15, 0.2) is 11.5 Å². The molecule has 1 heterocycles. The molecular formula is C14H15NO5. The van der Waals surface area contributed by atoms with Crippen molar-refractivity contribution in [1.82, 2.24) is 4.98 Å². The lowest BCUT2D eigenvalue weighted by Gasteiger charge is -2.09. The van der Waals surface area contributed by atoms with Crippen LogP contribution in [0.1, 0.15) is 5.56 Å². The van der Waals surface area contributed by atoms with E-state index in [9.17, 15) is 4.79 Å². The third-order valence-corrected chi connectivity index (χ3v) is 2.84. The van der Waals surface area contributed by atoms with Gasteiger partial charge in [-0.05, 0) is 25.1 Å². The molecule has 0 amide bonds. The first kappa shape index (κ1) is 13.9. The Kier molecular flexibility index (Phi) is 3.93. The summed E-state index contributed by atoms with van der Waals surface area (Å²) >= 11 is 0. The molecule has 1 aromatic carbocycles. The van der Waals surface area contributed by atoms with E-state index in [1.807, 2.05) is 0 Å². The van der Waals surface area contributed by atoms with Crippen LogP contribution in [0.2, 0.25) is 0 Å². The minimum Gasteiger partial charge on any atom is -0.493 e. The summed E-state index contributed by atoms with van der Waals surface area (Å²) in [6.07, 6.45) is 0. The van der Waals surface area contributed by atoms with Crippen LogP contribution in [0.4, 0.5) is 0 Å². The topological polar surface area (TPSA) is 70.8 Å². The molecule has 0 saturated heterocycles. The zero-order chi connectivity index (χ0) is 14.7. The van der Waals surface area contributed by atoms with E-state index in [1.54, 1.807) is 32.2 Å². The molecule has 0 N–H and O–H groups in total. The number of methoxy groups -OCH3 is 3. The second kappa shape index (κ2) is 5.64. The van der Waals surface area contributed by atoms with Gasteiger partial charge < -0.3 is 18.6 Å². The molecule has 0 saturated carbocycles. The van der Waals surface area contributed by atoms with Crippen LogP contribution in [-0.4, -0.2) is 26.3 Å². The highest BCUT2D eigenvalue weighted by molar-refractivity contribution is 5.60. The molecule has 0 fully saturated rings. The van der Waals surface area contributed by atoms with E-state index in [1.165, 1.54) is 14.2 Å². The van der Waals surface area contributed by atoms with Gasteiger partial charge in [0, 0.05) is 5.56 Å². The smallest absolute Gasteiger partial charge is 0.345 e. The predicted octanol–water partition coefficient (Wildman–Crippen LogP) is 2.04. The first-order chi connectivity index (χ1) is 9.60. The fraction of sp³-hybridized carbons (Fsp3) is 0.286. The average Bonchev–Trinajstić information content (AvgIpc) is 2.49. The molecule has 0 aliphatic carbocycles. The van der Waals surface area contributed by atoms with E-state index >= 15 is 0 Å². The number of rotatable bonds is 4. The second-order valence-electron chi connectivity index (χ2n) is 4.01. The lowest BCUT2D eigenvalue weighted by Crippen LogP contribution is -2.08. The van der Waals surface area contributed by atoms with Gasteiger partial charge in [0.2, 0.25) is 11.8 Å². The van der Waals surface area contributed by atoms with Crippen LogP contribution in [-0.2, 0) is 0 Å². The number of ether oxygens (including phenoxy) is 3. The fourth-order valence-electron chi connectivity index (χ4n) is 1.74. The van der Waals surface area contributed by atoms with E-state index < -0.39 is 5.63 Å². The van der Waals surface area contributed by atoms with Crippen molar-refractivity contribution in [2.45, 2.75) is 6.92 Å². The molecule has 2 aromatic rings. The van der Waals surface area contributed by atoms with Crippen molar-refractivity contribution >= 4 is 0 Å². The number of hydrogen-bond donors (Lipinski definition) is 0. The van der Waals surface area contributed by atoms with E-state index in [-0.39, 0.29) is 11.8 Å². The fourth-order valence-corrected chi connectivity index (χ4v) is 1.74. The van der Waals surface area contributed by atoms with Crippen LogP contribution in [0.15, 0.2) is 27.4 Å². The minimum atomic E-state index is -0.485. The van der Waals surface area contributed by atoms with Gasteiger partial charge in [-0.1, -0.05) is 0 Å². The van der Waals surface area contributed by atoms with E-state index in [4.69, 9.17) is 18.6 Å². The first-order valence-corrected chi connectivity index (χ1v) is 5.88. The third-order valence-electron chi connectivity index (χ3n) is 2.84. The highest BCUT2D eigenvalue weighted by Crippen LogP contribution is 2.31. The third kappa shape index (κ3) is 2.45. The Morgan fingerprint density at radius 2 is 1.75 bits per heavy atom. The molecule has 0 radical (unpaired) electrons.